The first-order valence-electron chi connectivity index (χ1n) is 10.0. The highest BCUT2D eigenvalue weighted by molar-refractivity contribution is 7.20. The molecule has 1 aromatic heterocycles. The van der Waals surface area contributed by atoms with E-state index in [-0.39, 0.29) is 5.92 Å². The van der Waals surface area contributed by atoms with Gasteiger partial charge in [-0.25, -0.2) is 4.98 Å². The van der Waals surface area contributed by atoms with Gasteiger partial charge in [0.2, 0.25) is 0 Å². The number of anilines is 1. The van der Waals surface area contributed by atoms with Gasteiger partial charge in [-0.15, -0.1) is 0 Å². The molecule has 1 atom stereocenters. The lowest BCUT2D eigenvalue weighted by atomic mass is 9.95. The van der Waals surface area contributed by atoms with E-state index in [1.165, 1.54) is 5.56 Å². The van der Waals surface area contributed by atoms with Gasteiger partial charge in [0.25, 0.3) is 5.19 Å². The number of para-hydroxylation sites is 1. The molecule has 7 heteroatoms. The van der Waals surface area contributed by atoms with Crippen LogP contribution in [0.4, 0.5) is 5.69 Å². The Kier molecular flexibility index (Phi) is 4.85. The number of carbonyl (C=O) groups is 1. The zero-order valence-corrected chi connectivity index (χ0v) is 16.8. The molecular formula is C22H23N3O3S. The lowest BCUT2D eigenvalue weighted by Gasteiger charge is -2.31. The van der Waals surface area contributed by atoms with Crippen molar-refractivity contribution in [3.05, 3.63) is 48.0 Å². The summed E-state index contributed by atoms with van der Waals surface area (Å²) in [5.41, 5.74) is 3.38. The predicted octanol–water partition coefficient (Wildman–Crippen LogP) is 4.39. The van der Waals surface area contributed by atoms with Crippen LogP contribution in [0.15, 0.2) is 42.5 Å². The van der Waals surface area contributed by atoms with Crippen LogP contribution < -0.4 is 10.1 Å². The van der Waals surface area contributed by atoms with Gasteiger partial charge in [0, 0.05) is 30.8 Å². The molecule has 0 spiro atoms. The molecule has 1 saturated heterocycles. The fourth-order valence-corrected chi connectivity index (χ4v) is 5.12. The van der Waals surface area contributed by atoms with Crippen molar-refractivity contribution < 1.29 is 14.6 Å². The highest BCUT2D eigenvalue weighted by atomic mass is 32.1. The predicted molar refractivity (Wildman–Crippen MR) is 114 cm³/mol. The van der Waals surface area contributed by atoms with Crippen molar-refractivity contribution in [1.82, 2.24) is 9.88 Å². The van der Waals surface area contributed by atoms with Crippen LogP contribution in [0.2, 0.25) is 0 Å². The van der Waals surface area contributed by atoms with Crippen molar-refractivity contribution in [2.24, 2.45) is 5.92 Å². The molecule has 0 amide bonds. The van der Waals surface area contributed by atoms with Crippen molar-refractivity contribution in [3.63, 3.8) is 0 Å². The number of hydrogen-bond donors (Lipinski definition) is 2. The van der Waals surface area contributed by atoms with Gasteiger partial charge >= 0.3 is 5.97 Å². The molecule has 29 heavy (non-hydrogen) atoms. The van der Waals surface area contributed by atoms with Gasteiger partial charge < -0.3 is 20.1 Å². The standard InChI is InChI=1S/C22H23N3O3S/c26-21(27)14-7-9-25(10-8-14)13-15-12-23-19-11-16(5-6-17(15)19)28-22-24-18-3-1-2-4-20(18)29-22/h1-6,11,14-15,23H,7-10,12-13H2,(H,26,27). The van der Waals surface area contributed by atoms with E-state index in [0.717, 1.165) is 60.7 Å². The summed E-state index contributed by atoms with van der Waals surface area (Å²) in [5, 5.41) is 13.3. The highest BCUT2D eigenvalue weighted by Crippen LogP contribution is 2.38. The number of nitrogens with zero attached hydrogens (tertiary/aromatic N) is 2. The molecule has 1 fully saturated rings. The lowest BCUT2D eigenvalue weighted by Crippen LogP contribution is -2.38. The molecule has 6 nitrogen and oxygen atoms in total. The van der Waals surface area contributed by atoms with Crippen LogP contribution in [0.1, 0.15) is 24.3 Å². The Morgan fingerprint density at radius 2 is 2.07 bits per heavy atom. The summed E-state index contributed by atoms with van der Waals surface area (Å²) in [5.74, 6) is 0.377. The normalized spacial score (nSPS) is 19.8. The molecule has 2 aliphatic rings. The van der Waals surface area contributed by atoms with Crippen LogP contribution in [-0.2, 0) is 4.79 Å². The number of likely N-dealkylation sites (tertiary alicyclic amines) is 1. The van der Waals surface area contributed by atoms with Crippen LogP contribution in [0, 0.1) is 5.92 Å². The van der Waals surface area contributed by atoms with Crippen LogP contribution in [0.25, 0.3) is 10.2 Å². The first-order chi connectivity index (χ1) is 14.2. The number of piperidine rings is 1. The Morgan fingerprint density at radius 3 is 2.86 bits per heavy atom. The van der Waals surface area contributed by atoms with Gasteiger partial charge in [-0.1, -0.05) is 29.5 Å². The van der Waals surface area contributed by atoms with Crippen LogP contribution in [0.5, 0.6) is 10.9 Å². The maximum absolute atomic E-state index is 11.1. The maximum atomic E-state index is 11.1. The fraction of sp³-hybridized carbons (Fsp3) is 0.364. The molecule has 1 unspecified atom stereocenters. The van der Waals surface area contributed by atoms with Crippen LogP contribution >= 0.6 is 11.3 Å². The average molecular weight is 410 g/mol. The summed E-state index contributed by atoms with van der Waals surface area (Å²) in [4.78, 5) is 18.1. The molecule has 2 aromatic carbocycles. The molecule has 150 valence electrons. The largest absolute Gasteiger partial charge is 0.481 e. The van der Waals surface area contributed by atoms with E-state index in [1.807, 2.05) is 30.3 Å². The molecule has 5 rings (SSSR count). The molecule has 2 aliphatic heterocycles. The van der Waals surface area contributed by atoms with E-state index in [0.29, 0.717) is 11.1 Å². The van der Waals surface area contributed by atoms with Crippen molar-refractivity contribution in [3.8, 4) is 10.9 Å². The van der Waals surface area contributed by atoms with Gasteiger partial charge in [0.05, 0.1) is 16.1 Å². The molecular weight excluding hydrogens is 386 g/mol. The number of rotatable bonds is 5. The molecule has 0 aliphatic carbocycles. The summed E-state index contributed by atoms with van der Waals surface area (Å²) in [6.45, 7) is 3.59. The maximum Gasteiger partial charge on any atom is 0.306 e. The molecule has 0 radical (unpaired) electrons. The summed E-state index contributed by atoms with van der Waals surface area (Å²) >= 11 is 1.55. The number of carboxylic acids is 1. The summed E-state index contributed by atoms with van der Waals surface area (Å²) in [6, 6.07) is 14.2. The summed E-state index contributed by atoms with van der Waals surface area (Å²) < 4.78 is 7.13. The topological polar surface area (TPSA) is 74.7 Å². The van der Waals surface area contributed by atoms with Crippen LogP contribution in [0.3, 0.4) is 0 Å². The number of fused-ring (bicyclic) bond motifs is 2. The van der Waals surface area contributed by atoms with E-state index in [2.05, 4.69) is 27.3 Å². The Labute approximate surface area is 173 Å². The number of hydrogen-bond acceptors (Lipinski definition) is 6. The first-order valence-corrected chi connectivity index (χ1v) is 10.8. The first kappa shape index (κ1) is 18.4. The minimum atomic E-state index is -0.654. The zero-order valence-electron chi connectivity index (χ0n) is 16.0. The van der Waals surface area contributed by atoms with Gasteiger partial charge in [0.1, 0.15) is 5.75 Å². The molecule has 2 N–H and O–H groups in total. The van der Waals surface area contributed by atoms with Crippen LogP contribution in [-0.4, -0.2) is 47.1 Å². The smallest absolute Gasteiger partial charge is 0.306 e. The van der Waals surface area contributed by atoms with Crippen molar-refractivity contribution >= 4 is 33.2 Å². The van der Waals surface area contributed by atoms with Gasteiger partial charge in [0.15, 0.2) is 0 Å². The third kappa shape index (κ3) is 3.80. The van der Waals surface area contributed by atoms with Crippen molar-refractivity contribution in [2.45, 2.75) is 18.8 Å². The number of nitrogens with one attached hydrogen (secondary N) is 1. The van der Waals surface area contributed by atoms with E-state index in [4.69, 9.17) is 9.84 Å². The number of aromatic nitrogens is 1. The third-order valence-corrected chi connectivity index (χ3v) is 6.81. The second-order valence-corrected chi connectivity index (χ2v) is 8.78. The van der Waals surface area contributed by atoms with Crippen molar-refractivity contribution in [2.75, 3.05) is 31.5 Å². The van der Waals surface area contributed by atoms with Gasteiger partial charge in [-0.3, -0.25) is 4.79 Å². The Bertz CT molecular complexity index is 1010. The van der Waals surface area contributed by atoms with Crippen molar-refractivity contribution in [1.29, 1.82) is 0 Å². The summed E-state index contributed by atoms with van der Waals surface area (Å²) in [7, 11) is 0. The minimum Gasteiger partial charge on any atom is -0.481 e. The highest BCUT2D eigenvalue weighted by Gasteiger charge is 2.29. The second-order valence-electron chi connectivity index (χ2n) is 7.79. The Balaban J connectivity index is 1.25. The number of aliphatic carboxylic acids is 1. The number of benzene rings is 2. The molecule has 0 bridgehead atoms. The van der Waals surface area contributed by atoms with E-state index in [9.17, 15) is 4.79 Å². The number of thiazole rings is 1. The third-order valence-electron chi connectivity index (χ3n) is 5.90. The minimum absolute atomic E-state index is 0.178. The Morgan fingerprint density at radius 1 is 1.24 bits per heavy atom. The molecule has 3 heterocycles. The zero-order chi connectivity index (χ0) is 19.8. The second kappa shape index (κ2) is 7.65. The SMILES string of the molecule is O=C(O)C1CCN(CC2CNc3cc(Oc4nc5ccccc5s4)ccc32)CC1. The number of carboxylic acid groups (broad SMARTS) is 1. The van der Waals surface area contributed by atoms with E-state index >= 15 is 0 Å². The van der Waals surface area contributed by atoms with Gasteiger partial charge in [-0.05, 0) is 49.7 Å². The molecule has 0 saturated carbocycles. The monoisotopic (exact) mass is 409 g/mol. The summed E-state index contributed by atoms with van der Waals surface area (Å²) in [6.07, 6.45) is 1.49. The van der Waals surface area contributed by atoms with E-state index in [1.54, 1.807) is 11.3 Å². The number of ether oxygens (including phenoxy) is 1. The average Bonchev–Trinajstić information content (AvgIpc) is 3.31. The quantitative estimate of drug-likeness (QED) is 0.651. The molecule has 3 aromatic rings. The fourth-order valence-electron chi connectivity index (χ4n) is 4.28. The van der Waals surface area contributed by atoms with E-state index < -0.39 is 5.97 Å². The van der Waals surface area contributed by atoms with Gasteiger partial charge in [-0.2, -0.15) is 0 Å². The lowest BCUT2D eigenvalue weighted by molar-refractivity contribution is -0.143. The Hall–Kier alpha value is -2.64.